The van der Waals surface area contributed by atoms with E-state index in [0.717, 1.165) is 5.01 Å². The lowest BCUT2D eigenvalue weighted by atomic mass is 10.1. The maximum atomic E-state index is 11.9. The first-order valence-electron chi connectivity index (χ1n) is 5.57. The van der Waals surface area contributed by atoms with Crippen molar-refractivity contribution in [2.75, 3.05) is 13.6 Å². The second kappa shape index (κ2) is 4.97. The van der Waals surface area contributed by atoms with E-state index in [0.29, 0.717) is 11.1 Å². The van der Waals surface area contributed by atoms with Crippen molar-refractivity contribution < 1.29 is 14.4 Å². The van der Waals surface area contributed by atoms with Crippen molar-refractivity contribution in [3.05, 3.63) is 35.4 Å². The van der Waals surface area contributed by atoms with Crippen LogP contribution in [0.4, 0.5) is 0 Å². The highest BCUT2D eigenvalue weighted by Gasteiger charge is 2.34. The molecule has 6 nitrogen and oxygen atoms in total. The number of nitrogens with zero attached hydrogens (tertiary/aromatic N) is 1. The van der Waals surface area contributed by atoms with E-state index in [-0.39, 0.29) is 30.7 Å². The van der Waals surface area contributed by atoms with Crippen LogP contribution in [0.25, 0.3) is 0 Å². The third-order valence-electron chi connectivity index (χ3n) is 2.69. The second-order valence-corrected chi connectivity index (χ2v) is 3.82. The van der Waals surface area contributed by atoms with E-state index in [9.17, 15) is 14.4 Å². The Morgan fingerprint density at radius 1 is 1.17 bits per heavy atom. The van der Waals surface area contributed by atoms with Gasteiger partial charge in [0.2, 0.25) is 5.91 Å². The number of hydrogen-bond donors (Lipinski definition) is 2. The normalized spacial score (nSPS) is 13.7. The molecule has 0 saturated heterocycles. The fraction of sp³-hybridized carbons (Fsp3) is 0.250. The van der Waals surface area contributed by atoms with E-state index in [1.54, 1.807) is 24.3 Å². The average molecular weight is 247 g/mol. The highest BCUT2D eigenvalue weighted by Crippen LogP contribution is 2.20. The molecule has 1 heterocycles. The number of carbonyl (C=O) groups is 3. The van der Waals surface area contributed by atoms with Crippen LogP contribution in [-0.4, -0.2) is 36.3 Å². The van der Waals surface area contributed by atoms with E-state index in [1.165, 1.54) is 7.05 Å². The molecule has 0 unspecified atom stereocenters. The highest BCUT2D eigenvalue weighted by atomic mass is 16.2. The van der Waals surface area contributed by atoms with E-state index < -0.39 is 0 Å². The summed E-state index contributed by atoms with van der Waals surface area (Å²) in [7, 11) is 1.53. The van der Waals surface area contributed by atoms with Gasteiger partial charge in [0.15, 0.2) is 0 Å². The quantitative estimate of drug-likeness (QED) is 0.730. The fourth-order valence-corrected chi connectivity index (χ4v) is 1.74. The molecule has 1 aromatic rings. The van der Waals surface area contributed by atoms with Crippen LogP contribution in [0, 0.1) is 0 Å². The van der Waals surface area contributed by atoms with Gasteiger partial charge < -0.3 is 5.32 Å². The van der Waals surface area contributed by atoms with Crippen molar-refractivity contribution in [2.45, 2.75) is 6.42 Å². The molecule has 0 radical (unpaired) electrons. The van der Waals surface area contributed by atoms with Gasteiger partial charge in [-0.3, -0.25) is 14.4 Å². The number of imide groups is 1. The molecular formula is C12H13N3O3. The van der Waals surface area contributed by atoms with Crippen LogP contribution in [0.1, 0.15) is 27.1 Å². The summed E-state index contributed by atoms with van der Waals surface area (Å²) in [5, 5.41) is 3.41. The number of fused-ring (bicyclic) bond motifs is 1. The molecule has 0 aliphatic carbocycles. The predicted octanol–water partition coefficient (Wildman–Crippen LogP) is -0.0767. The summed E-state index contributed by atoms with van der Waals surface area (Å²) in [6.07, 6.45) is 0.198. The van der Waals surface area contributed by atoms with Crippen molar-refractivity contribution in [2.24, 2.45) is 0 Å². The Hall–Kier alpha value is -2.21. The van der Waals surface area contributed by atoms with Crippen molar-refractivity contribution >= 4 is 17.7 Å². The molecule has 1 aliphatic rings. The SMILES string of the molecule is CNC(=O)CCNN1C(=O)c2ccccc2C1=O. The number of hydrogen-bond acceptors (Lipinski definition) is 4. The first-order valence-corrected chi connectivity index (χ1v) is 5.57. The number of nitrogens with one attached hydrogen (secondary N) is 2. The molecule has 1 aliphatic heterocycles. The number of benzene rings is 1. The van der Waals surface area contributed by atoms with Crippen LogP contribution in [0.15, 0.2) is 24.3 Å². The lowest BCUT2D eigenvalue weighted by Crippen LogP contribution is -2.43. The van der Waals surface area contributed by atoms with Crippen LogP contribution in [-0.2, 0) is 4.79 Å². The Balaban J connectivity index is 2.03. The maximum absolute atomic E-state index is 11.9. The van der Waals surface area contributed by atoms with Crippen molar-refractivity contribution in [1.29, 1.82) is 0 Å². The molecule has 2 rings (SSSR count). The third-order valence-corrected chi connectivity index (χ3v) is 2.69. The van der Waals surface area contributed by atoms with Crippen LogP contribution >= 0.6 is 0 Å². The molecule has 6 heteroatoms. The Labute approximate surface area is 104 Å². The smallest absolute Gasteiger partial charge is 0.276 e. The van der Waals surface area contributed by atoms with Crippen molar-refractivity contribution in [3.8, 4) is 0 Å². The molecular weight excluding hydrogens is 234 g/mol. The summed E-state index contributed by atoms with van der Waals surface area (Å²) < 4.78 is 0. The Kier molecular flexibility index (Phi) is 3.38. The van der Waals surface area contributed by atoms with Gasteiger partial charge in [-0.1, -0.05) is 12.1 Å². The summed E-state index contributed by atoms with van der Waals surface area (Å²) in [6, 6.07) is 6.63. The Morgan fingerprint density at radius 3 is 2.22 bits per heavy atom. The van der Waals surface area contributed by atoms with E-state index in [2.05, 4.69) is 10.7 Å². The van der Waals surface area contributed by atoms with Gasteiger partial charge in [-0.2, -0.15) is 0 Å². The van der Waals surface area contributed by atoms with Gasteiger partial charge in [-0.15, -0.1) is 0 Å². The molecule has 1 aromatic carbocycles. The number of hydrazine groups is 1. The Bertz CT molecular complexity index is 478. The molecule has 0 aromatic heterocycles. The zero-order chi connectivity index (χ0) is 13.1. The van der Waals surface area contributed by atoms with Crippen LogP contribution < -0.4 is 10.7 Å². The lowest BCUT2D eigenvalue weighted by molar-refractivity contribution is -0.120. The number of rotatable bonds is 4. The maximum Gasteiger partial charge on any atom is 0.276 e. The van der Waals surface area contributed by atoms with E-state index in [4.69, 9.17) is 0 Å². The molecule has 0 atom stereocenters. The standard InChI is InChI=1S/C12H13N3O3/c1-13-10(16)6-7-14-15-11(17)8-4-2-3-5-9(8)12(15)18/h2-5,14H,6-7H2,1H3,(H,13,16). The lowest BCUT2D eigenvalue weighted by Gasteiger charge is -2.14. The first-order chi connectivity index (χ1) is 8.65. The van der Waals surface area contributed by atoms with Gasteiger partial charge in [0, 0.05) is 20.0 Å². The number of amides is 3. The van der Waals surface area contributed by atoms with Gasteiger partial charge in [0.25, 0.3) is 11.8 Å². The molecule has 3 amide bonds. The summed E-state index contributed by atoms with van der Waals surface area (Å²) in [6.45, 7) is 0.227. The third kappa shape index (κ3) is 2.10. The molecule has 0 spiro atoms. The van der Waals surface area contributed by atoms with Gasteiger partial charge in [0.1, 0.15) is 0 Å². The summed E-state index contributed by atoms with van der Waals surface area (Å²) in [5.74, 6) is -0.917. The topological polar surface area (TPSA) is 78.5 Å². The van der Waals surface area contributed by atoms with Gasteiger partial charge in [0.05, 0.1) is 11.1 Å². The predicted molar refractivity (Wildman–Crippen MR) is 63.6 cm³/mol. The largest absolute Gasteiger partial charge is 0.359 e. The Morgan fingerprint density at radius 2 is 1.72 bits per heavy atom. The van der Waals surface area contributed by atoms with E-state index in [1.807, 2.05) is 0 Å². The molecule has 0 bridgehead atoms. The minimum absolute atomic E-state index is 0.154. The second-order valence-electron chi connectivity index (χ2n) is 3.82. The van der Waals surface area contributed by atoms with Gasteiger partial charge in [-0.25, -0.2) is 10.4 Å². The van der Waals surface area contributed by atoms with Crippen molar-refractivity contribution in [1.82, 2.24) is 15.8 Å². The summed E-state index contributed by atoms with van der Waals surface area (Å²) in [4.78, 5) is 34.8. The monoisotopic (exact) mass is 247 g/mol. The first kappa shape index (κ1) is 12.3. The summed E-state index contributed by atoms with van der Waals surface area (Å²) >= 11 is 0. The average Bonchev–Trinajstić information content (AvgIpc) is 2.64. The van der Waals surface area contributed by atoms with Crippen molar-refractivity contribution in [3.63, 3.8) is 0 Å². The zero-order valence-corrected chi connectivity index (χ0v) is 9.90. The number of carbonyl (C=O) groups excluding carboxylic acids is 3. The molecule has 0 fully saturated rings. The molecule has 18 heavy (non-hydrogen) atoms. The summed E-state index contributed by atoms with van der Waals surface area (Å²) in [5.41, 5.74) is 3.44. The molecule has 0 saturated carbocycles. The molecule has 2 N–H and O–H groups in total. The van der Waals surface area contributed by atoms with E-state index >= 15 is 0 Å². The van der Waals surface area contributed by atoms with Crippen LogP contribution in [0.2, 0.25) is 0 Å². The minimum Gasteiger partial charge on any atom is -0.359 e. The van der Waals surface area contributed by atoms with Crippen LogP contribution in [0.3, 0.4) is 0 Å². The highest BCUT2D eigenvalue weighted by molar-refractivity contribution is 6.20. The fourth-order valence-electron chi connectivity index (χ4n) is 1.74. The zero-order valence-electron chi connectivity index (χ0n) is 9.90. The minimum atomic E-state index is -0.382. The van der Waals surface area contributed by atoms with Crippen LogP contribution in [0.5, 0.6) is 0 Å². The van der Waals surface area contributed by atoms with Gasteiger partial charge >= 0.3 is 0 Å². The van der Waals surface area contributed by atoms with Gasteiger partial charge in [-0.05, 0) is 12.1 Å². The molecule has 94 valence electrons.